The van der Waals surface area contributed by atoms with Crippen LogP contribution in [0.15, 0.2) is 47.7 Å². The Morgan fingerprint density at radius 2 is 2.03 bits per heavy atom. The van der Waals surface area contributed by atoms with Gasteiger partial charge >= 0.3 is 0 Å². The van der Waals surface area contributed by atoms with E-state index in [1.54, 1.807) is 0 Å². The van der Waals surface area contributed by atoms with E-state index >= 15 is 0 Å². The van der Waals surface area contributed by atoms with Gasteiger partial charge in [0.15, 0.2) is 11.8 Å². The molecule has 0 aliphatic carbocycles. The number of benzene rings is 1. The Bertz CT molecular complexity index is 1050. The number of nitrogens with one attached hydrogen (secondary N) is 1. The molecular formula is C24H35N9. The molecule has 33 heavy (non-hydrogen) atoms. The van der Waals surface area contributed by atoms with Crippen LogP contribution in [-0.4, -0.2) is 68.6 Å². The fourth-order valence-corrected chi connectivity index (χ4v) is 4.21. The summed E-state index contributed by atoms with van der Waals surface area (Å²) in [6.07, 6.45) is 6.24. The molecule has 1 N–H and O–H groups in total. The number of aryl methyl sites for hydroxylation is 2. The molecule has 1 aromatic carbocycles. The second-order valence-electron chi connectivity index (χ2n) is 8.78. The Morgan fingerprint density at radius 3 is 2.73 bits per heavy atom. The number of guanidine groups is 1. The van der Waals surface area contributed by atoms with Crippen molar-refractivity contribution in [1.29, 1.82) is 0 Å². The summed E-state index contributed by atoms with van der Waals surface area (Å²) >= 11 is 0. The fourth-order valence-electron chi connectivity index (χ4n) is 4.21. The summed E-state index contributed by atoms with van der Waals surface area (Å²) in [5.41, 5.74) is 2.54. The van der Waals surface area contributed by atoms with Gasteiger partial charge in [-0.25, -0.2) is 4.99 Å². The lowest BCUT2D eigenvalue weighted by molar-refractivity contribution is 0.482. The van der Waals surface area contributed by atoms with E-state index in [1.165, 1.54) is 11.3 Å². The Labute approximate surface area is 196 Å². The second-order valence-corrected chi connectivity index (χ2v) is 8.78. The molecule has 1 atom stereocenters. The number of aromatic nitrogens is 5. The van der Waals surface area contributed by atoms with Crippen molar-refractivity contribution in [2.75, 3.05) is 38.1 Å². The highest BCUT2D eigenvalue weighted by Gasteiger charge is 2.27. The third kappa shape index (κ3) is 5.71. The van der Waals surface area contributed by atoms with Gasteiger partial charge in [-0.05, 0) is 37.5 Å². The first-order valence-electron chi connectivity index (χ1n) is 11.6. The predicted octanol–water partition coefficient (Wildman–Crippen LogP) is 2.32. The topological polar surface area (TPSA) is 79.4 Å². The first-order chi connectivity index (χ1) is 16.0. The summed E-state index contributed by atoms with van der Waals surface area (Å²) in [6.45, 7) is 6.23. The van der Waals surface area contributed by atoms with Crippen LogP contribution in [0.4, 0.5) is 5.69 Å². The lowest BCUT2D eigenvalue weighted by atomic mass is 10.0. The molecule has 0 saturated carbocycles. The Balaban J connectivity index is 1.38. The molecule has 3 heterocycles. The van der Waals surface area contributed by atoms with Crippen molar-refractivity contribution in [1.82, 2.24) is 34.8 Å². The SMILES string of the molecule is Cc1nnc(CN=C(NCCCN(C)c2ccccc2)N2CCC(c3cnn(C)c3)C2)n1C. The van der Waals surface area contributed by atoms with Crippen molar-refractivity contribution in [2.24, 2.45) is 19.1 Å². The highest BCUT2D eigenvalue weighted by Crippen LogP contribution is 2.26. The molecule has 1 aliphatic heterocycles. The molecule has 9 heteroatoms. The van der Waals surface area contributed by atoms with Gasteiger partial charge in [0.25, 0.3) is 0 Å². The van der Waals surface area contributed by atoms with E-state index in [2.05, 4.69) is 74.0 Å². The van der Waals surface area contributed by atoms with Gasteiger partial charge < -0.3 is 19.7 Å². The number of rotatable bonds is 8. The fraction of sp³-hybridized carbons (Fsp3) is 0.500. The molecule has 3 aromatic rings. The number of hydrogen-bond acceptors (Lipinski definition) is 5. The van der Waals surface area contributed by atoms with Crippen LogP contribution in [-0.2, 0) is 20.6 Å². The van der Waals surface area contributed by atoms with Gasteiger partial charge in [0, 0.05) is 65.1 Å². The Kier molecular flexibility index (Phi) is 7.26. The summed E-state index contributed by atoms with van der Waals surface area (Å²) in [7, 11) is 6.10. The van der Waals surface area contributed by atoms with E-state index in [4.69, 9.17) is 4.99 Å². The summed E-state index contributed by atoms with van der Waals surface area (Å²) in [4.78, 5) is 9.58. The molecule has 1 unspecified atom stereocenters. The maximum Gasteiger partial charge on any atom is 0.194 e. The minimum Gasteiger partial charge on any atom is -0.375 e. The summed E-state index contributed by atoms with van der Waals surface area (Å²) < 4.78 is 3.88. The normalized spacial score (nSPS) is 16.4. The van der Waals surface area contributed by atoms with Gasteiger partial charge in [-0.2, -0.15) is 5.10 Å². The predicted molar refractivity (Wildman–Crippen MR) is 131 cm³/mol. The third-order valence-corrected chi connectivity index (χ3v) is 6.39. The molecule has 1 saturated heterocycles. The minimum absolute atomic E-state index is 0.479. The zero-order valence-corrected chi connectivity index (χ0v) is 20.1. The summed E-state index contributed by atoms with van der Waals surface area (Å²) in [6, 6.07) is 10.5. The standard InChI is InChI=1S/C24H35N9/c1-19-28-29-23(32(19)4)16-26-24(25-12-8-13-30(2)22-9-6-5-7-10-22)33-14-11-20(18-33)21-15-27-31(3)17-21/h5-7,9-10,15,17,20H,8,11-14,16,18H2,1-4H3,(H,25,26). The molecule has 2 aromatic heterocycles. The maximum atomic E-state index is 4.93. The molecule has 9 nitrogen and oxygen atoms in total. The Morgan fingerprint density at radius 1 is 1.21 bits per heavy atom. The van der Waals surface area contributed by atoms with Crippen LogP contribution in [0.25, 0.3) is 0 Å². The number of para-hydroxylation sites is 1. The van der Waals surface area contributed by atoms with Crippen LogP contribution in [0.1, 0.15) is 36.0 Å². The molecule has 0 radical (unpaired) electrons. The lowest BCUT2D eigenvalue weighted by Gasteiger charge is -2.23. The van der Waals surface area contributed by atoms with E-state index in [-0.39, 0.29) is 0 Å². The van der Waals surface area contributed by atoms with Gasteiger partial charge in [0.05, 0.1) is 6.20 Å². The number of likely N-dealkylation sites (tertiary alicyclic amines) is 1. The van der Waals surface area contributed by atoms with Crippen molar-refractivity contribution >= 4 is 11.6 Å². The summed E-state index contributed by atoms with van der Waals surface area (Å²) in [5, 5.41) is 16.4. The van der Waals surface area contributed by atoms with Crippen molar-refractivity contribution in [2.45, 2.75) is 32.2 Å². The van der Waals surface area contributed by atoms with Gasteiger partial charge in [-0.15, -0.1) is 10.2 Å². The molecule has 176 valence electrons. The van der Waals surface area contributed by atoms with Crippen molar-refractivity contribution in [3.63, 3.8) is 0 Å². The molecule has 1 aliphatic rings. The zero-order valence-electron chi connectivity index (χ0n) is 20.1. The van der Waals surface area contributed by atoms with E-state index in [0.717, 1.165) is 56.6 Å². The monoisotopic (exact) mass is 449 g/mol. The van der Waals surface area contributed by atoms with Crippen molar-refractivity contribution in [3.05, 3.63) is 59.9 Å². The molecule has 1 fully saturated rings. The zero-order chi connectivity index (χ0) is 23.2. The maximum absolute atomic E-state index is 4.93. The first-order valence-corrected chi connectivity index (χ1v) is 11.6. The van der Waals surface area contributed by atoms with Gasteiger partial charge in [-0.3, -0.25) is 4.68 Å². The van der Waals surface area contributed by atoms with Crippen LogP contribution in [0, 0.1) is 6.92 Å². The van der Waals surface area contributed by atoms with Crippen LogP contribution in [0.2, 0.25) is 0 Å². The van der Waals surface area contributed by atoms with Crippen molar-refractivity contribution < 1.29 is 0 Å². The Hall–Kier alpha value is -3.36. The molecular weight excluding hydrogens is 414 g/mol. The number of hydrogen-bond donors (Lipinski definition) is 1. The van der Waals surface area contributed by atoms with Crippen LogP contribution in [0.3, 0.4) is 0 Å². The third-order valence-electron chi connectivity index (χ3n) is 6.39. The van der Waals surface area contributed by atoms with Gasteiger partial charge in [0.1, 0.15) is 12.4 Å². The van der Waals surface area contributed by atoms with Crippen molar-refractivity contribution in [3.8, 4) is 0 Å². The van der Waals surface area contributed by atoms with Gasteiger partial charge in [-0.1, -0.05) is 18.2 Å². The number of anilines is 1. The molecule has 0 spiro atoms. The highest BCUT2D eigenvalue weighted by atomic mass is 15.3. The smallest absolute Gasteiger partial charge is 0.194 e. The highest BCUT2D eigenvalue weighted by molar-refractivity contribution is 5.80. The largest absolute Gasteiger partial charge is 0.375 e. The van der Waals surface area contributed by atoms with Crippen LogP contribution in [0.5, 0.6) is 0 Å². The minimum atomic E-state index is 0.479. The van der Waals surface area contributed by atoms with Crippen LogP contribution >= 0.6 is 0 Å². The van der Waals surface area contributed by atoms with E-state index in [0.29, 0.717) is 12.5 Å². The first kappa shape index (κ1) is 22.8. The van der Waals surface area contributed by atoms with Gasteiger partial charge in [0.2, 0.25) is 0 Å². The van der Waals surface area contributed by atoms with Crippen LogP contribution < -0.4 is 10.2 Å². The second kappa shape index (κ2) is 10.5. The quantitative estimate of drug-likeness (QED) is 0.323. The average Bonchev–Trinajstić information content (AvgIpc) is 3.56. The number of aliphatic imine (C=N–C) groups is 1. The molecule has 0 amide bonds. The average molecular weight is 450 g/mol. The number of nitrogens with zero attached hydrogens (tertiary/aromatic N) is 8. The summed E-state index contributed by atoms with van der Waals surface area (Å²) in [5.74, 6) is 3.20. The van der Waals surface area contributed by atoms with E-state index in [9.17, 15) is 0 Å². The van der Waals surface area contributed by atoms with E-state index < -0.39 is 0 Å². The molecule has 0 bridgehead atoms. The molecule has 4 rings (SSSR count). The van der Waals surface area contributed by atoms with E-state index in [1.807, 2.05) is 36.5 Å². The lowest BCUT2D eigenvalue weighted by Crippen LogP contribution is -2.41.